The highest BCUT2D eigenvalue weighted by molar-refractivity contribution is 6.12. The zero-order valence-corrected chi connectivity index (χ0v) is 40.6. The third-order valence-corrected chi connectivity index (χ3v) is 16.3. The lowest BCUT2D eigenvalue weighted by atomic mass is 9.68. The molecule has 346 valence electrons. The quantitative estimate of drug-likeness (QED) is 0.150. The van der Waals surface area contributed by atoms with Crippen molar-refractivity contribution in [1.29, 1.82) is 0 Å². The highest BCUT2D eigenvalue weighted by atomic mass is 15.1. The number of anilines is 6. The van der Waals surface area contributed by atoms with Crippen molar-refractivity contribution in [2.24, 2.45) is 0 Å². The summed E-state index contributed by atoms with van der Waals surface area (Å²) >= 11 is 0. The van der Waals surface area contributed by atoms with E-state index in [9.17, 15) is 0 Å². The Morgan fingerprint density at radius 3 is 1.22 bits per heavy atom. The van der Waals surface area contributed by atoms with Crippen LogP contribution >= 0.6 is 0 Å². The van der Waals surface area contributed by atoms with Gasteiger partial charge in [0.2, 0.25) is 0 Å². The predicted octanol–water partition coefficient (Wildman–Crippen LogP) is 18.5. The lowest BCUT2D eigenvalue weighted by molar-refractivity contribution is 0.768. The minimum atomic E-state index is -0.629. The lowest BCUT2D eigenvalue weighted by Crippen LogP contribution is -2.28. The maximum atomic E-state index is 2.54. The molecule has 0 radical (unpaired) electrons. The number of benzene rings is 12. The Kier molecular flexibility index (Phi) is 9.43. The molecule has 1 unspecified atom stereocenters. The molecule has 1 spiro atoms. The van der Waals surface area contributed by atoms with E-state index >= 15 is 0 Å². The Hall–Kier alpha value is -9.50. The van der Waals surface area contributed by atoms with Crippen LogP contribution in [0.2, 0.25) is 0 Å². The van der Waals surface area contributed by atoms with Crippen molar-refractivity contribution in [3.05, 3.63) is 336 Å². The van der Waals surface area contributed by atoms with Gasteiger partial charge in [-0.3, -0.25) is 0 Å². The Bertz CT molecular complexity index is 4050. The normalized spacial score (nSPS) is 14.9. The number of para-hydroxylation sites is 3. The molecule has 0 bridgehead atoms. The van der Waals surface area contributed by atoms with Gasteiger partial charge in [0.05, 0.1) is 16.5 Å². The Morgan fingerprint density at radius 2 is 0.622 bits per heavy atom. The zero-order valence-electron chi connectivity index (χ0n) is 40.6. The number of hydrogen-bond donors (Lipinski definition) is 0. The molecule has 2 heteroatoms. The van der Waals surface area contributed by atoms with Gasteiger partial charge in [0.1, 0.15) is 0 Å². The molecule has 0 saturated carbocycles. The first-order valence-electron chi connectivity index (χ1n) is 25.8. The SMILES string of the molecule is c1ccc(N(c2ccc3c(c2)-c2ccccc2C3(c2ccccc2)c2ccccc2)c2ccc3c(c2)C2(c4ccccc4-3)c3ccccc3-c3c2cc(N(c2ccccc2)c2ccccc2)c2ccccc32)cc1. The molecular weight excluding hydrogens is 893 g/mol. The van der Waals surface area contributed by atoms with Crippen LogP contribution in [0.4, 0.5) is 34.1 Å². The third-order valence-electron chi connectivity index (χ3n) is 16.3. The first-order valence-corrected chi connectivity index (χ1v) is 25.8. The van der Waals surface area contributed by atoms with Crippen LogP contribution in [0.1, 0.15) is 44.5 Å². The molecule has 12 aromatic carbocycles. The molecule has 0 aromatic heterocycles. The van der Waals surface area contributed by atoms with E-state index in [1.165, 1.54) is 88.7 Å². The van der Waals surface area contributed by atoms with E-state index in [4.69, 9.17) is 0 Å². The molecule has 0 heterocycles. The van der Waals surface area contributed by atoms with E-state index in [2.05, 4.69) is 301 Å². The third kappa shape index (κ3) is 5.88. The minimum absolute atomic E-state index is 0.487. The van der Waals surface area contributed by atoms with Gasteiger partial charge in [-0.2, -0.15) is 0 Å². The predicted molar refractivity (Wildman–Crippen MR) is 307 cm³/mol. The second kappa shape index (κ2) is 16.5. The topological polar surface area (TPSA) is 6.48 Å². The van der Waals surface area contributed by atoms with E-state index in [1.807, 2.05) is 0 Å². The largest absolute Gasteiger partial charge is 0.310 e. The highest BCUT2D eigenvalue weighted by Gasteiger charge is 2.53. The van der Waals surface area contributed by atoms with Crippen molar-refractivity contribution in [2.75, 3.05) is 9.80 Å². The number of rotatable bonds is 8. The van der Waals surface area contributed by atoms with Crippen LogP contribution in [0.5, 0.6) is 0 Å². The molecule has 74 heavy (non-hydrogen) atoms. The fraction of sp³-hybridized carbons (Fsp3) is 0.0278. The van der Waals surface area contributed by atoms with Gasteiger partial charge in [0.15, 0.2) is 0 Å². The van der Waals surface area contributed by atoms with E-state index in [0.29, 0.717) is 0 Å². The zero-order chi connectivity index (χ0) is 48.8. The highest BCUT2D eigenvalue weighted by Crippen LogP contribution is 2.66. The smallest absolute Gasteiger partial charge is 0.0727 e. The van der Waals surface area contributed by atoms with Crippen LogP contribution in [0.25, 0.3) is 44.2 Å². The Morgan fingerprint density at radius 1 is 0.216 bits per heavy atom. The minimum Gasteiger partial charge on any atom is -0.310 e. The van der Waals surface area contributed by atoms with Gasteiger partial charge < -0.3 is 9.80 Å². The maximum absolute atomic E-state index is 2.54. The summed E-state index contributed by atoms with van der Waals surface area (Å²) in [5.74, 6) is 0. The monoisotopic (exact) mass is 940 g/mol. The van der Waals surface area contributed by atoms with Gasteiger partial charge in [-0.25, -0.2) is 0 Å². The van der Waals surface area contributed by atoms with Crippen molar-refractivity contribution in [3.63, 3.8) is 0 Å². The summed E-state index contributed by atoms with van der Waals surface area (Å²) in [6.45, 7) is 0. The van der Waals surface area contributed by atoms with Crippen LogP contribution in [0, 0.1) is 0 Å². The number of hydrogen-bond acceptors (Lipinski definition) is 2. The van der Waals surface area contributed by atoms with Crippen molar-refractivity contribution in [3.8, 4) is 33.4 Å². The Balaban J connectivity index is 0.991. The van der Waals surface area contributed by atoms with Gasteiger partial charge in [-0.15, -0.1) is 0 Å². The van der Waals surface area contributed by atoms with E-state index in [0.717, 1.165) is 34.1 Å². The summed E-state index contributed by atoms with van der Waals surface area (Å²) < 4.78 is 0. The molecule has 0 amide bonds. The fourth-order valence-corrected chi connectivity index (χ4v) is 13.5. The molecule has 3 aliphatic carbocycles. The summed E-state index contributed by atoms with van der Waals surface area (Å²) in [7, 11) is 0. The molecule has 0 N–H and O–H groups in total. The Labute approximate surface area is 432 Å². The van der Waals surface area contributed by atoms with E-state index in [-0.39, 0.29) is 0 Å². The molecule has 12 aromatic rings. The van der Waals surface area contributed by atoms with Crippen LogP contribution in [0.3, 0.4) is 0 Å². The lowest BCUT2D eigenvalue weighted by Gasteiger charge is -2.34. The second-order valence-corrected chi connectivity index (χ2v) is 19.9. The van der Waals surface area contributed by atoms with E-state index < -0.39 is 10.8 Å². The summed E-state index contributed by atoms with van der Waals surface area (Å²) in [5.41, 5.74) is 23.5. The molecule has 0 fully saturated rings. The average molecular weight is 941 g/mol. The fourth-order valence-electron chi connectivity index (χ4n) is 13.5. The molecule has 15 rings (SSSR count). The first kappa shape index (κ1) is 42.2. The average Bonchev–Trinajstić information content (AvgIpc) is 4.08. The summed E-state index contributed by atoms with van der Waals surface area (Å²) in [4.78, 5) is 4.93. The van der Waals surface area contributed by atoms with Crippen molar-refractivity contribution in [2.45, 2.75) is 10.8 Å². The molecule has 0 saturated heterocycles. The van der Waals surface area contributed by atoms with Crippen molar-refractivity contribution >= 4 is 44.9 Å². The summed E-state index contributed by atoms with van der Waals surface area (Å²) in [6, 6.07) is 108. The van der Waals surface area contributed by atoms with Crippen molar-refractivity contribution < 1.29 is 0 Å². The van der Waals surface area contributed by atoms with Crippen LogP contribution in [0.15, 0.2) is 291 Å². The van der Waals surface area contributed by atoms with Gasteiger partial charge in [-0.1, -0.05) is 224 Å². The van der Waals surface area contributed by atoms with Crippen LogP contribution < -0.4 is 9.80 Å². The molecule has 2 nitrogen and oxygen atoms in total. The molecule has 1 atom stereocenters. The van der Waals surface area contributed by atoms with Crippen molar-refractivity contribution in [1.82, 2.24) is 0 Å². The van der Waals surface area contributed by atoms with Gasteiger partial charge in [-0.05, 0) is 150 Å². The number of nitrogens with zero attached hydrogens (tertiary/aromatic N) is 2. The number of fused-ring (bicyclic) bond motifs is 15. The van der Waals surface area contributed by atoms with Gasteiger partial charge in [0, 0.05) is 33.8 Å². The van der Waals surface area contributed by atoms with Crippen LogP contribution in [-0.2, 0) is 10.8 Å². The second-order valence-electron chi connectivity index (χ2n) is 19.9. The maximum Gasteiger partial charge on any atom is 0.0727 e. The van der Waals surface area contributed by atoms with Gasteiger partial charge in [0.25, 0.3) is 0 Å². The van der Waals surface area contributed by atoms with Gasteiger partial charge >= 0.3 is 0 Å². The van der Waals surface area contributed by atoms with Crippen LogP contribution in [-0.4, -0.2) is 0 Å². The molecule has 3 aliphatic rings. The molecule has 0 aliphatic heterocycles. The standard InChI is InChI=1S/C72H48N2/c1-6-24-49(25-7-1)71(50-26-8-2-9-27-50)63-39-21-19-35-57(63)62-46-54(43-45-66(62)71)73(51-28-10-3-11-29-51)55-42-44-58-56-34-18-22-40-64(56)72(67(58)47-55)65-41-23-20-38-61(65)70-60-37-17-16-36-59(60)69(48-68(70)72)74(52-30-12-4-13-31-52)53-32-14-5-15-33-53/h1-48H. The summed E-state index contributed by atoms with van der Waals surface area (Å²) in [6.07, 6.45) is 0. The summed E-state index contributed by atoms with van der Waals surface area (Å²) in [5, 5.41) is 2.46. The molecular formula is C72H48N2. The first-order chi connectivity index (χ1) is 36.7. The van der Waals surface area contributed by atoms with E-state index in [1.54, 1.807) is 0 Å².